The minimum atomic E-state index is 0. The Morgan fingerprint density at radius 3 is 2.57 bits per heavy atom. The molecule has 0 radical (unpaired) electrons. The van der Waals surface area contributed by atoms with E-state index in [1.54, 1.807) is 14.2 Å². The Morgan fingerprint density at radius 1 is 1.25 bits per heavy atom. The third kappa shape index (κ3) is 7.31. The van der Waals surface area contributed by atoms with Crippen molar-refractivity contribution in [2.45, 2.75) is 51.6 Å². The molecule has 1 fully saturated rings. The number of rotatable bonds is 9. The summed E-state index contributed by atoms with van der Waals surface area (Å²) in [7, 11) is 5.59. The first-order valence-electron chi connectivity index (χ1n) is 10.1. The van der Waals surface area contributed by atoms with Crippen molar-refractivity contribution < 1.29 is 9.47 Å². The molecule has 0 heterocycles. The van der Waals surface area contributed by atoms with E-state index in [9.17, 15) is 0 Å². The SMILES string of the molecule is CCNC(=NCCN(C)C1CCCC1)NC(C)c1cc(OC)ccc1OC.I. The summed E-state index contributed by atoms with van der Waals surface area (Å²) in [5.41, 5.74) is 1.05. The smallest absolute Gasteiger partial charge is 0.191 e. The summed E-state index contributed by atoms with van der Waals surface area (Å²) in [4.78, 5) is 7.22. The largest absolute Gasteiger partial charge is 0.497 e. The van der Waals surface area contributed by atoms with Gasteiger partial charge in [0, 0.05) is 24.7 Å². The summed E-state index contributed by atoms with van der Waals surface area (Å²) >= 11 is 0. The number of halogens is 1. The van der Waals surface area contributed by atoms with Crippen LogP contribution < -0.4 is 20.1 Å². The molecule has 1 unspecified atom stereocenters. The van der Waals surface area contributed by atoms with Crippen molar-refractivity contribution in [2.24, 2.45) is 4.99 Å². The van der Waals surface area contributed by atoms with Crippen LogP contribution in [0.15, 0.2) is 23.2 Å². The summed E-state index contributed by atoms with van der Waals surface area (Å²) in [6.07, 6.45) is 5.38. The Labute approximate surface area is 187 Å². The van der Waals surface area contributed by atoms with Gasteiger partial charge in [0.15, 0.2) is 5.96 Å². The molecule has 0 spiro atoms. The lowest BCUT2D eigenvalue weighted by atomic mass is 10.1. The zero-order chi connectivity index (χ0) is 19.6. The van der Waals surface area contributed by atoms with Crippen LogP contribution in [0.4, 0.5) is 0 Å². The summed E-state index contributed by atoms with van der Waals surface area (Å²) in [5.74, 6) is 2.49. The van der Waals surface area contributed by atoms with Gasteiger partial charge >= 0.3 is 0 Å². The maximum absolute atomic E-state index is 5.51. The lowest BCUT2D eigenvalue weighted by Crippen LogP contribution is -2.39. The first-order chi connectivity index (χ1) is 13.1. The second-order valence-electron chi connectivity index (χ2n) is 7.15. The fraction of sp³-hybridized carbons (Fsp3) is 0.667. The molecule has 0 bridgehead atoms. The van der Waals surface area contributed by atoms with Gasteiger partial charge in [-0.15, -0.1) is 24.0 Å². The van der Waals surface area contributed by atoms with Crippen molar-refractivity contribution in [1.29, 1.82) is 0 Å². The summed E-state index contributed by atoms with van der Waals surface area (Å²) in [5, 5.41) is 6.83. The summed E-state index contributed by atoms with van der Waals surface area (Å²) in [6.45, 7) is 6.78. The molecule has 1 atom stereocenters. The molecule has 0 saturated heterocycles. The molecule has 2 N–H and O–H groups in total. The lowest BCUT2D eigenvalue weighted by molar-refractivity contribution is 0.252. The van der Waals surface area contributed by atoms with Gasteiger partial charge in [0.25, 0.3) is 0 Å². The quantitative estimate of drug-likeness (QED) is 0.304. The zero-order valence-electron chi connectivity index (χ0n) is 18.0. The van der Waals surface area contributed by atoms with Crippen LogP contribution in [0.25, 0.3) is 0 Å². The number of methoxy groups -OCH3 is 2. The molecule has 1 aromatic carbocycles. The van der Waals surface area contributed by atoms with Crippen LogP contribution in [0.2, 0.25) is 0 Å². The van der Waals surface area contributed by atoms with E-state index >= 15 is 0 Å². The molecule has 1 saturated carbocycles. The number of likely N-dealkylation sites (N-methyl/N-ethyl adjacent to an activating group) is 1. The van der Waals surface area contributed by atoms with E-state index in [2.05, 4.69) is 36.4 Å². The van der Waals surface area contributed by atoms with Crippen LogP contribution in [-0.4, -0.2) is 57.8 Å². The Bertz CT molecular complexity index is 606. The van der Waals surface area contributed by atoms with Gasteiger partial charge in [-0.25, -0.2) is 0 Å². The van der Waals surface area contributed by atoms with E-state index in [1.807, 2.05) is 18.2 Å². The second-order valence-corrected chi connectivity index (χ2v) is 7.15. The summed E-state index contributed by atoms with van der Waals surface area (Å²) < 4.78 is 10.9. The van der Waals surface area contributed by atoms with Crippen LogP contribution in [-0.2, 0) is 0 Å². The highest BCUT2D eigenvalue weighted by Gasteiger charge is 2.19. The predicted octanol–water partition coefficient (Wildman–Crippen LogP) is 3.81. The second kappa shape index (κ2) is 13.1. The van der Waals surface area contributed by atoms with E-state index in [0.717, 1.165) is 48.7 Å². The molecule has 6 nitrogen and oxygen atoms in total. The number of ether oxygens (including phenoxy) is 2. The molecule has 2 rings (SSSR count). The van der Waals surface area contributed by atoms with E-state index in [4.69, 9.17) is 14.5 Å². The number of hydrogen-bond donors (Lipinski definition) is 2. The number of hydrogen-bond acceptors (Lipinski definition) is 4. The Hall–Kier alpha value is -1.22. The van der Waals surface area contributed by atoms with Crippen molar-refractivity contribution in [1.82, 2.24) is 15.5 Å². The zero-order valence-corrected chi connectivity index (χ0v) is 20.3. The molecular formula is C21H37IN4O2. The van der Waals surface area contributed by atoms with Gasteiger partial charge < -0.3 is 25.0 Å². The summed E-state index contributed by atoms with van der Waals surface area (Å²) in [6, 6.07) is 6.63. The van der Waals surface area contributed by atoms with Gasteiger partial charge in [0.2, 0.25) is 0 Å². The number of guanidine groups is 1. The van der Waals surface area contributed by atoms with Crippen LogP contribution in [0, 0.1) is 0 Å². The highest BCUT2D eigenvalue weighted by atomic mass is 127. The molecule has 0 aliphatic heterocycles. The maximum atomic E-state index is 5.51. The number of benzene rings is 1. The van der Waals surface area contributed by atoms with Crippen molar-refractivity contribution in [3.8, 4) is 11.5 Å². The number of aliphatic imine (C=N–C) groups is 1. The number of nitrogens with zero attached hydrogens (tertiary/aromatic N) is 2. The fourth-order valence-electron chi connectivity index (χ4n) is 3.63. The topological polar surface area (TPSA) is 58.1 Å². The standard InChI is InChI=1S/C21H36N4O2.HI/c1-6-22-21(23-13-14-25(3)17-9-7-8-10-17)24-16(2)19-15-18(26-4)11-12-20(19)27-5;/h11-12,15-17H,6-10,13-14H2,1-5H3,(H2,22,23,24);1H. The molecule has 1 aliphatic rings. The van der Waals surface area contributed by atoms with Crippen molar-refractivity contribution in [2.75, 3.05) is 40.9 Å². The van der Waals surface area contributed by atoms with Crippen LogP contribution >= 0.6 is 24.0 Å². The molecule has 160 valence electrons. The molecular weight excluding hydrogens is 467 g/mol. The first kappa shape index (κ1) is 24.8. The third-order valence-corrected chi connectivity index (χ3v) is 5.27. The van der Waals surface area contributed by atoms with Gasteiger partial charge in [0.05, 0.1) is 26.8 Å². The van der Waals surface area contributed by atoms with Crippen molar-refractivity contribution in [3.05, 3.63) is 23.8 Å². The minimum absolute atomic E-state index is 0. The monoisotopic (exact) mass is 504 g/mol. The first-order valence-corrected chi connectivity index (χ1v) is 10.1. The predicted molar refractivity (Wildman–Crippen MR) is 127 cm³/mol. The van der Waals surface area contributed by atoms with Crippen LogP contribution in [0.3, 0.4) is 0 Å². The fourth-order valence-corrected chi connectivity index (χ4v) is 3.63. The van der Waals surface area contributed by atoms with Gasteiger partial charge in [-0.3, -0.25) is 4.99 Å². The molecule has 1 aliphatic carbocycles. The Balaban J connectivity index is 0.00000392. The highest BCUT2D eigenvalue weighted by molar-refractivity contribution is 14.0. The molecule has 0 amide bonds. The average Bonchev–Trinajstić information content (AvgIpc) is 3.22. The highest BCUT2D eigenvalue weighted by Crippen LogP contribution is 2.29. The van der Waals surface area contributed by atoms with Gasteiger partial charge in [0.1, 0.15) is 11.5 Å². The third-order valence-electron chi connectivity index (χ3n) is 5.27. The van der Waals surface area contributed by atoms with Gasteiger partial charge in [-0.05, 0) is 51.9 Å². The average molecular weight is 504 g/mol. The van der Waals surface area contributed by atoms with Crippen molar-refractivity contribution in [3.63, 3.8) is 0 Å². The normalized spacial score (nSPS) is 15.9. The molecule has 0 aromatic heterocycles. The van der Waals surface area contributed by atoms with E-state index in [-0.39, 0.29) is 30.0 Å². The lowest BCUT2D eigenvalue weighted by Gasteiger charge is -2.24. The van der Waals surface area contributed by atoms with E-state index in [1.165, 1.54) is 25.7 Å². The Kier molecular flexibility index (Phi) is 11.6. The van der Waals surface area contributed by atoms with Crippen molar-refractivity contribution >= 4 is 29.9 Å². The maximum Gasteiger partial charge on any atom is 0.191 e. The number of nitrogens with one attached hydrogen (secondary N) is 2. The Morgan fingerprint density at radius 2 is 1.96 bits per heavy atom. The van der Waals surface area contributed by atoms with E-state index in [0.29, 0.717) is 0 Å². The minimum Gasteiger partial charge on any atom is -0.497 e. The van der Waals surface area contributed by atoms with E-state index < -0.39 is 0 Å². The van der Waals surface area contributed by atoms with Crippen LogP contribution in [0.1, 0.15) is 51.1 Å². The van der Waals surface area contributed by atoms with Crippen LogP contribution in [0.5, 0.6) is 11.5 Å². The molecule has 1 aromatic rings. The molecule has 28 heavy (non-hydrogen) atoms. The van der Waals surface area contributed by atoms with Gasteiger partial charge in [-0.1, -0.05) is 12.8 Å². The van der Waals surface area contributed by atoms with Gasteiger partial charge in [-0.2, -0.15) is 0 Å². The molecule has 7 heteroatoms.